The number of aromatic nitrogens is 2. The van der Waals surface area contributed by atoms with E-state index in [0.717, 1.165) is 17.3 Å². The van der Waals surface area contributed by atoms with Crippen molar-refractivity contribution in [2.75, 3.05) is 7.05 Å². The Labute approximate surface area is 113 Å². The number of hydrogen-bond donors (Lipinski definition) is 1. The van der Waals surface area contributed by atoms with Crippen molar-refractivity contribution >= 4 is 10.9 Å². The van der Waals surface area contributed by atoms with Crippen molar-refractivity contribution in [2.45, 2.75) is 37.8 Å². The van der Waals surface area contributed by atoms with Crippen LogP contribution in [-0.2, 0) is 0 Å². The standard InChI is InChI=1S/C15H19N3O/c1-16-13-8-4-5-9-14(13)19-15-11-6-2-3-7-12(11)17-10-18-15/h2-3,6-7,10,13-14,16H,4-5,8-9H2,1H3. The predicted molar refractivity (Wildman–Crippen MR) is 75.3 cm³/mol. The zero-order valence-electron chi connectivity index (χ0n) is 11.2. The third kappa shape index (κ3) is 2.54. The fraction of sp³-hybridized carbons (Fsp3) is 0.467. The summed E-state index contributed by atoms with van der Waals surface area (Å²) in [5.74, 6) is 0.706. The van der Waals surface area contributed by atoms with E-state index in [1.54, 1.807) is 6.33 Å². The molecule has 2 atom stereocenters. The molecule has 4 nitrogen and oxygen atoms in total. The summed E-state index contributed by atoms with van der Waals surface area (Å²) in [5, 5.41) is 4.35. The Morgan fingerprint density at radius 1 is 1.16 bits per heavy atom. The number of benzene rings is 1. The third-order valence-electron chi connectivity index (χ3n) is 3.84. The molecule has 3 rings (SSSR count). The molecular formula is C15H19N3O. The number of ether oxygens (including phenoxy) is 1. The van der Waals surface area contributed by atoms with Crippen LogP contribution in [0.25, 0.3) is 10.9 Å². The van der Waals surface area contributed by atoms with Crippen LogP contribution in [0.1, 0.15) is 25.7 Å². The molecule has 1 N–H and O–H groups in total. The smallest absolute Gasteiger partial charge is 0.224 e. The Morgan fingerprint density at radius 2 is 2.00 bits per heavy atom. The molecule has 19 heavy (non-hydrogen) atoms. The summed E-state index contributed by atoms with van der Waals surface area (Å²) in [7, 11) is 2.00. The molecule has 2 aromatic rings. The minimum atomic E-state index is 0.206. The molecule has 0 amide bonds. The van der Waals surface area contributed by atoms with Crippen LogP contribution in [0.5, 0.6) is 5.88 Å². The molecule has 1 aromatic carbocycles. The van der Waals surface area contributed by atoms with E-state index in [0.29, 0.717) is 11.9 Å². The molecule has 1 heterocycles. The van der Waals surface area contributed by atoms with E-state index >= 15 is 0 Å². The summed E-state index contributed by atoms with van der Waals surface area (Å²) >= 11 is 0. The van der Waals surface area contributed by atoms with Crippen molar-refractivity contribution in [1.29, 1.82) is 0 Å². The van der Waals surface area contributed by atoms with E-state index in [1.807, 2.05) is 31.3 Å². The lowest BCUT2D eigenvalue weighted by Gasteiger charge is -2.31. The predicted octanol–water partition coefficient (Wildman–Crippen LogP) is 2.54. The van der Waals surface area contributed by atoms with E-state index in [2.05, 4.69) is 15.3 Å². The molecule has 2 unspecified atom stereocenters. The lowest BCUT2D eigenvalue weighted by molar-refractivity contribution is 0.114. The second kappa shape index (κ2) is 5.53. The van der Waals surface area contributed by atoms with Crippen molar-refractivity contribution in [3.05, 3.63) is 30.6 Å². The summed E-state index contributed by atoms with van der Waals surface area (Å²) in [5.41, 5.74) is 0.935. The van der Waals surface area contributed by atoms with E-state index in [-0.39, 0.29) is 6.10 Å². The Bertz CT molecular complexity index is 553. The van der Waals surface area contributed by atoms with Gasteiger partial charge in [0.1, 0.15) is 12.4 Å². The van der Waals surface area contributed by atoms with E-state index < -0.39 is 0 Å². The van der Waals surface area contributed by atoms with Gasteiger partial charge in [-0.05, 0) is 38.4 Å². The Kier molecular flexibility index (Phi) is 3.60. The highest BCUT2D eigenvalue weighted by Crippen LogP contribution is 2.26. The van der Waals surface area contributed by atoms with Gasteiger partial charge in [0.05, 0.1) is 10.9 Å². The molecule has 0 spiro atoms. The first-order valence-corrected chi connectivity index (χ1v) is 6.92. The lowest BCUT2D eigenvalue weighted by Crippen LogP contribution is -2.43. The van der Waals surface area contributed by atoms with Crippen molar-refractivity contribution in [1.82, 2.24) is 15.3 Å². The second-order valence-electron chi connectivity index (χ2n) is 5.03. The summed E-state index contributed by atoms with van der Waals surface area (Å²) in [6, 6.07) is 8.40. The zero-order valence-corrected chi connectivity index (χ0v) is 11.2. The van der Waals surface area contributed by atoms with Gasteiger partial charge in [-0.25, -0.2) is 9.97 Å². The number of nitrogens with zero attached hydrogens (tertiary/aromatic N) is 2. The van der Waals surface area contributed by atoms with Gasteiger partial charge in [-0.3, -0.25) is 0 Å². The molecule has 0 bridgehead atoms. The van der Waals surface area contributed by atoms with Crippen LogP contribution in [0.15, 0.2) is 30.6 Å². The van der Waals surface area contributed by atoms with Gasteiger partial charge in [-0.1, -0.05) is 18.6 Å². The average Bonchev–Trinajstić information content (AvgIpc) is 2.48. The second-order valence-corrected chi connectivity index (χ2v) is 5.03. The van der Waals surface area contributed by atoms with Crippen molar-refractivity contribution < 1.29 is 4.74 Å². The van der Waals surface area contributed by atoms with E-state index in [4.69, 9.17) is 4.74 Å². The molecule has 1 aromatic heterocycles. The Balaban J connectivity index is 1.88. The SMILES string of the molecule is CNC1CCCCC1Oc1ncnc2ccccc12. The van der Waals surface area contributed by atoms with Gasteiger partial charge in [0.25, 0.3) is 0 Å². The van der Waals surface area contributed by atoms with E-state index in [1.165, 1.54) is 19.3 Å². The van der Waals surface area contributed by atoms with Gasteiger partial charge in [0.2, 0.25) is 5.88 Å². The fourth-order valence-electron chi connectivity index (χ4n) is 2.79. The number of fused-ring (bicyclic) bond motifs is 1. The first-order chi connectivity index (χ1) is 9.38. The minimum Gasteiger partial charge on any atom is -0.472 e. The van der Waals surface area contributed by atoms with Crippen LogP contribution in [0.2, 0.25) is 0 Å². The molecule has 100 valence electrons. The lowest BCUT2D eigenvalue weighted by atomic mass is 9.92. The maximum Gasteiger partial charge on any atom is 0.224 e. The molecule has 0 aliphatic heterocycles. The molecule has 1 aliphatic rings. The summed E-state index contributed by atoms with van der Waals surface area (Å²) < 4.78 is 6.16. The summed E-state index contributed by atoms with van der Waals surface area (Å²) in [6.45, 7) is 0. The minimum absolute atomic E-state index is 0.206. The largest absolute Gasteiger partial charge is 0.472 e. The van der Waals surface area contributed by atoms with Gasteiger partial charge in [0.15, 0.2) is 0 Å². The highest BCUT2D eigenvalue weighted by molar-refractivity contribution is 5.82. The number of hydrogen-bond acceptors (Lipinski definition) is 4. The normalized spacial score (nSPS) is 23.4. The van der Waals surface area contributed by atoms with Crippen LogP contribution in [-0.4, -0.2) is 29.2 Å². The zero-order chi connectivity index (χ0) is 13.1. The number of rotatable bonds is 3. The monoisotopic (exact) mass is 257 g/mol. The van der Waals surface area contributed by atoms with Crippen LogP contribution >= 0.6 is 0 Å². The molecule has 1 fully saturated rings. The molecule has 4 heteroatoms. The van der Waals surface area contributed by atoms with Crippen LogP contribution in [0.4, 0.5) is 0 Å². The topological polar surface area (TPSA) is 47.0 Å². The highest BCUT2D eigenvalue weighted by atomic mass is 16.5. The average molecular weight is 257 g/mol. The Hall–Kier alpha value is -1.68. The maximum atomic E-state index is 6.16. The Morgan fingerprint density at radius 3 is 2.89 bits per heavy atom. The third-order valence-corrected chi connectivity index (χ3v) is 3.84. The van der Waals surface area contributed by atoms with Gasteiger partial charge in [0, 0.05) is 6.04 Å². The van der Waals surface area contributed by atoms with E-state index in [9.17, 15) is 0 Å². The summed E-state index contributed by atoms with van der Waals surface area (Å²) in [4.78, 5) is 8.58. The quantitative estimate of drug-likeness (QED) is 0.918. The van der Waals surface area contributed by atoms with Gasteiger partial charge >= 0.3 is 0 Å². The summed E-state index contributed by atoms with van der Waals surface area (Å²) in [6.07, 6.45) is 6.54. The van der Waals surface area contributed by atoms with Gasteiger partial charge < -0.3 is 10.1 Å². The molecule has 1 saturated carbocycles. The molecule has 1 aliphatic carbocycles. The van der Waals surface area contributed by atoms with Crippen LogP contribution in [0, 0.1) is 0 Å². The van der Waals surface area contributed by atoms with Crippen molar-refractivity contribution in [3.63, 3.8) is 0 Å². The van der Waals surface area contributed by atoms with Gasteiger partial charge in [-0.2, -0.15) is 0 Å². The molecule has 0 saturated heterocycles. The first kappa shape index (κ1) is 12.4. The highest BCUT2D eigenvalue weighted by Gasteiger charge is 2.26. The fourth-order valence-corrected chi connectivity index (χ4v) is 2.79. The maximum absolute atomic E-state index is 6.16. The van der Waals surface area contributed by atoms with Crippen molar-refractivity contribution in [2.24, 2.45) is 0 Å². The number of para-hydroxylation sites is 1. The number of likely N-dealkylation sites (N-methyl/N-ethyl adjacent to an activating group) is 1. The van der Waals surface area contributed by atoms with Gasteiger partial charge in [-0.15, -0.1) is 0 Å². The first-order valence-electron chi connectivity index (χ1n) is 6.92. The van der Waals surface area contributed by atoms with Crippen LogP contribution in [0.3, 0.4) is 0 Å². The number of nitrogens with one attached hydrogen (secondary N) is 1. The van der Waals surface area contributed by atoms with Crippen LogP contribution < -0.4 is 10.1 Å². The molecule has 0 radical (unpaired) electrons. The molecular weight excluding hydrogens is 238 g/mol. The van der Waals surface area contributed by atoms with Crippen molar-refractivity contribution in [3.8, 4) is 5.88 Å².